The summed E-state index contributed by atoms with van der Waals surface area (Å²) in [5, 5.41) is 37.4. The first kappa shape index (κ1) is 35.7. The number of hydrogen-bond donors (Lipinski definition) is 5. The molecular weight excluding hydrogens is 626 g/mol. The van der Waals surface area contributed by atoms with Gasteiger partial charge in [0.1, 0.15) is 23.6 Å². The molecule has 2 aliphatic heterocycles. The van der Waals surface area contributed by atoms with Crippen molar-refractivity contribution in [2.45, 2.75) is 71.3 Å². The number of rotatable bonds is 5. The molecule has 2 aliphatic rings. The number of benzene rings is 2. The highest BCUT2D eigenvalue weighted by molar-refractivity contribution is 6.32. The van der Waals surface area contributed by atoms with Crippen LogP contribution in [0.5, 0.6) is 11.5 Å². The summed E-state index contributed by atoms with van der Waals surface area (Å²) in [6.07, 6.45) is 2.24. The van der Waals surface area contributed by atoms with Crippen LogP contribution in [0.4, 0.5) is 0 Å². The zero-order valence-corrected chi connectivity index (χ0v) is 27.7. The summed E-state index contributed by atoms with van der Waals surface area (Å²) in [7, 11) is 0. The van der Waals surface area contributed by atoms with Gasteiger partial charge in [0.05, 0.1) is 23.4 Å². The second kappa shape index (κ2) is 17.1. The molecule has 14 heteroatoms. The monoisotopic (exact) mass is 669 g/mol. The zero-order chi connectivity index (χ0) is 33.9. The predicted octanol–water partition coefficient (Wildman–Crippen LogP) is 2.29. The molecule has 0 aliphatic carbocycles. The van der Waals surface area contributed by atoms with Crippen LogP contribution in [0.3, 0.4) is 0 Å². The fourth-order valence-electron chi connectivity index (χ4n) is 5.24. The summed E-state index contributed by atoms with van der Waals surface area (Å²) in [6, 6.07) is 9.35. The lowest BCUT2D eigenvalue weighted by Crippen LogP contribution is -2.57. The molecule has 0 saturated heterocycles. The predicted molar refractivity (Wildman–Crippen MR) is 176 cm³/mol. The molecule has 13 nitrogen and oxygen atoms in total. The van der Waals surface area contributed by atoms with Crippen LogP contribution in [0.25, 0.3) is 0 Å². The Kier molecular flexibility index (Phi) is 13.0. The number of aromatic hydroxyl groups is 1. The first-order valence-corrected chi connectivity index (χ1v) is 16.2. The number of ether oxygens (including phenoxy) is 1. The van der Waals surface area contributed by atoms with Crippen molar-refractivity contribution in [1.82, 2.24) is 35.8 Å². The van der Waals surface area contributed by atoms with E-state index in [9.17, 15) is 24.6 Å². The fraction of sp³-hybridized carbons (Fsp3) is 0.485. The number of aryl methyl sites for hydroxylation is 1. The summed E-state index contributed by atoms with van der Waals surface area (Å²) in [5.74, 6) is -1.04. The molecule has 0 radical (unpaired) electrons. The van der Waals surface area contributed by atoms with Gasteiger partial charge in [-0.15, -0.1) is 5.10 Å². The molecule has 4 bridgehead atoms. The van der Waals surface area contributed by atoms with Crippen LogP contribution < -0.4 is 20.7 Å². The minimum Gasteiger partial charge on any atom is -0.508 e. The van der Waals surface area contributed by atoms with Gasteiger partial charge in [0.2, 0.25) is 11.8 Å². The van der Waals surface area contributed by atoms with Gasteiger partial charge in [-0.05, 0) is 55.2 Å². The topological polar surface area (TPSA) is 171 Å². The number of carbonyl (C=O) groups is 3. The Balaban J connectivity index is 1.56. The zero-order valence-electron chi connectivity index (χ0n) is 27.0. The molecule has 0 spiro atoms. The molecule has 0 unspecified atom stereocenters. The van der Waals surface area contributed by atoms with E-state index in [1.54, 1.807) is 28.9 Å². The Bertz CT molecular complexity index is 1510. The van der Waals surface area contributed by atoms with Gasteiger partial charge in [0.25, 0.3) is 5.91 Å². The summed E-state index contributed by atoms with van der Waals surface area (Å²) < 4.78 is 7.59. The van der Waals surface area contributed by atoms with Gasteiger partial charge in [-0.3, -0.25) is 24.0 Å². The van der Waals surface area contributed by atoms with Gasteiger partial charge in [-0.25, -0.2) is 0 Å². The minimum absolute atomic E-state index is 0.0658. The Labute approximate surface area is 279 Å². The maximum absolute atomic E-state index is 13.4. The molecule has 1 aromatic heterocycles. The van der Waals surface area contributed by atoms with E-state index in [1.165, 1.54) is 19.1 Å². The van der Waals surface area contributed by atoms with E-state index in [-0.39, 0.29) is 28.2 Å². The number of amides is 3. The smallest absolute Gasteiger partial charge is 0.252 e. The lowest BCUT2D eigenvalue weighted by Gasteiger charge is -2.26. The molecule has 3 atom stereocenters. The largest absolute Gasteiger partial charge is 0.508 e. The molecule has 3 heterocycles. The van der Waals surface area contributed by atoms with Crippen LogP contribution in [0.15, 0.2) is 48.7 Å². The van der Waals surface area contributed by atoms with Crippen molar-refractivity contribution in [3.05, 3.63) is 70.5 Å². The first-order chi connectivity index (χ1) is 22.5. The molecule has 0 saturated carbocycles. The number of halogens is 1. The number of aromatic nitrogens is 3. The molecule has 254 valence electrons. The average molecular weight is 670 g/mol. The second-order valence-corrected chi connectivity index (χ2v) is 12.6. The van der Waals surface area contributed by atoms with Crippen molar-refractivity contribution in [1.29, 1.82) is 0 Å². The lowest BCUT2D eigenvalue weighted by molar-refractivity contribution is -0.131. The quantitative estimate of drug-likeness (QED) is 0.256. The normalized spacial score (nSPS) is 20.1. The number of fused-ring (bicyclic) bond motifs is 17. The molecule has 0 fully saturated rings. The van der Waals surface area contributed by atoms with Crippen molar-refractivity contribution in [2.75, 3.05) is 26.2 Å². The van der Waals surface area contributed by atoms with Gasteiger partial charge in [-0.2, -0.15) is 0 Å². The van der Waals surface area contributed by atoms with Crippen molar-refractivity contribution < 1.29 is 29.3 Å². The van der Waals surface area contributed by atoms with Crippen molar-refractivity contribution >= 4 is 29.3 Å². The van der Waals surface area contributed by atoms with Gasteiger partial charge in [0.15, 0.2) is 0 Å². The number of aliphatic hydroxyl groups excluding tert-OH is 1. The van der Waals surface area contributed by atoms with Crippen LogP contribution >= 0.6 is 11.6 Å². The minimum atomic E-state index is -1.32. The van der Waals surface area contributed by atoms with Gasteiger partial charge >= 0.3 is 0 Å². The molecule has 3 aromatic rings. The number of phenols is 1. The summed E-state index contributed by atoms with van der Waals surface area (Å²) in [4.78, 5) is 42.0. The van der Waals surface area contributed by atoms with Gasteiger partial charge in [-0.1, -0.05) is 42.8 Å². The molecule has 5 rings (SSSR count). The van der Waals surface area contributed by atoms with Crippen LogP contribution in [0, 0.1) is 5.92 Å². The number of aliphatic hydroxyl groups is 1. The number of phenolic OH excluding ortho intramolecular Hbond substituents is 1. The molecule has 5 N–H and O–H groups in total. The number of carbonyl (C=O) groups excluding carboxylic acids is 3. The fourth-order valence-corrected chi connectivity index (χ4v) is 5.48. The molecule has 3 amide bonds. The van der Waals surface area contributed by atoms with Crippen molar-refractivity contribution in [2.24, 2.45) is 5.92 Å². The van der Waals surface area contributed by atoms with Crippen LogP contribution in [0.1, 0.15) is 55.2 Å². The van der Waals surface area contributed by atoms with E-state index in [0.717, 1.165) is 11.3 Å². The third-order valence-electron chi connectivity index (χ3n) is 7.69. The van der Waals surface area contributed by atoms with E-state index in [4.69, 9.17) is 16.3 Å². The second-order valence-electron chi connectivity index (χ2n) is 12.2. The van der Waals surface area contributed by atoms with Crippen LogP contribution in [0.2, 0.25) is 5.02 Å². The average Bonchev–Trinajstić information content (AvgIpc) is 3.47. The maximum atomic E-state index is 13.4. The van der Waals surface area contributed by atoms with E-state index < -0.39 is 30.0 Å². The Morgan fingerprint density at radius 3 is 2.57 bits per heavy atom. The maximum Gasteiger partial charge on any atom is 0.252 e. The summed E-state index contributed by atoms with van der Waals surface area (Å²) in [6.45, 7) is 8.11. The Hall–Kier alpha value is -4.20. The number of nitrogens with one attached hydrogen (secondary N) is 3. The highest BCUT2D eigenvalue weighted by Gasteiger charge is 2.30. The SMILES string of the molecule is CC(C)C[C@H]1NC(=O)[C@H]([C@@H](C)O)NC(=O)c2ccc(c(Cl)c2)OCCCn2cc(nn2)CCN(Cc2cccc(O)c2)CCNC1=O. The summed E-state index contributed by atoms with van der Waals surface area (Å²) in [5.41, 5.74) is 1.91. The highest BCUT2D eigenvalue weighted by atomic mass is 35.5. The highest BCUT2D eigenvalue weighted by Crippen LogP contribution is 2.26. The van der Waals surface area contributed by atoms with Crippen LogP contribution in [-0.2, 0) is 29.1 Å². The molecule has 2 aromatic carbocycles. The Morgan fingerprint density at radius 1 is 1.04 bits per heavy atom. The molecular formula is C33H44ClN7O6. The van der Waals surface area contributed by atoms with Gasteiger partial charge < -0.3 is 30.9 Å². The van der Waals surface area contributed by atoms with E-state index >= 15 is 0 Å². The molecule has 47 heavy (non-hydrogen) atoms. The first-order valence-electron chi connectivity index (χ1n) is 15.9. The number of hydrogen-bond acceptors (Lipinski definition) is 9. The Morgan fingerprint density at radius 2 is 1.85 bits per heavy atom. The van der Waals surface area contributed by atoms with Crippen LogP contribution in [-0.4, -0.2) is 92.3 Å². The summed E-state index contributed by atoms with van der Waals surface area (Å²) >= 11 is 6.40. The van der Waals surface area contributed by atoms with Crippen molar-refractivity contribution in [3.63, 3.8) is 0 Å². The third-order valence-corrected chi connectivity index (χ3v) is 7.98. The van der Waals surface area contributed by atoms with E-state index in [2.05, 4.69) is 31.2 Å². The standard InChI is InChI=1S/C33H44ClN7O6/c1-21(2)16-28-32(45)35-11-14-40(19-23-6-4-7-26(43)17-23)13-10-25-20-41(39-38-25)12-5-15-47-29-9-8-24(18-27(29)34)31(44)37-30(22(3)42)33(46)36-28/h4,6-9,17-18,20-22,28,30,42-43H,5,10-16,19H2,1-3H3,(H,35,45)(H,36,46)(H,37,44)/t22-,28-,30+/m1/s1. The lowest BCUT2D eigenvalue weighted by atomic mass is 10.0. The van der Waals surface area contributed by atoms with E-state index in [1.807, 2.05) is 26.1 Å². The van der Waals surface area contributed by atoms with Gasteiger partial charge in [0, 0.05) is 57.3 Å². The van der Waals surface area contributed by atoms with E-state index in [0.29, 0.717) is 64.3 Å². The number of nitrogens with zero attached hydrogens (tertiary/aromatic N) is 4. The van der Waals surface area contributed by atoms with Crippen molar-refractivity contribution in [3.8, 4) is 11.5 Å². The third kappa shape index (κ3) is 10.9.